The Morgan fingerprint density at radius 2 is 1.95 bits per heavy atom. The molecule has 21 heavy (non-hydrogen) atoms. The smallest absolute Gasteiger partial charge is 0.269 e. The standard InChI is InChI=1S/C13H11NO6S/c15-9-5-8(10-6-19-13(9)20-10)14-12(16)7-3-1-2-4-11(7)21(14,17)18/h1-4,8,10,13H,5-6H2/t8-,10-,13-/m1/s1. The summed E-state index contributed by atoms with van der Waals surface area (Å²) in [4.78, 5) is 24.2. The van der Waals surface area contributed by atoms with Gasteiger partial charge in [0.25, 0.3) is 15.9 Å². The lowest BCUT2D eigenvalue weighted by atomic mass is 10.0. The van der Waals surface area contributed by atoms with Crippen molar-refractivity contribution in [3.05, 3.63) is 29.8 Å². The Hall–Kier alpha value is -1.77. The maximum Gasteiger partial charge on any atom is 0.269 e. The first kappa shape index (κ1) is 12.9. The Labute approximate surface area is 120 Å². The summed E-state index contributed by atoms with van der Waals surface area (Å²) < 4.78 is 36.4. The number of nitrogens with zero attached hydrogens (tertiary/aromatic N) is 1. The fourth-order valence-corrected chi connectivity index (χ4v) is 4.77. The van der Waals surface area contributed by atoms with Gasteiger partial charge in [0.05, 0.1) is 18.2 Å². The highest BCUT2D eigenvalue weighted by Gasteiger charge is 2.53. The number of carbonyl (C=O) groups excluding carboxylic acids is 2. The SMILES string of the molecule is O=C1C[C@@H](N2C(=O)c3ccccc3S2(=O)=O)[C@H]2CO[C@@H]1O2. The largest absolute Gasteiger partial charge is 0.343 e. The minimum absolute atomic E-state index is 0.0245. The van der Waals surface area contributed by atoms with Crippen molar-refractivity contribution in [1.29, 1.82) is 0 Å². The highest BCUT2D eigenvalue weighted by molar-refractivity contribution is 7.90. The van der Waals surface area contributed by atoms with Crippen LogP contribution in [-0.4, -0.2) is 49.5 Å². The normalized spacial score (nSPS) is 33.3. The van der Waals surface area contributed by atoms with Gasteiger partial charge in [0.1, 0.15) is 11.0 Å². The molecule has 0 radical (unpaired) electrons. The third-order valence-corrected chi connectivity index (χ3v) is 5.83. The van der Waals surface area contributed by atoms with Crippen molar-refractivity contribution < 1.29 is 27.5 Å². The van der Waals surface area contributed by atoms with E-state index >= 15 is 0 Å². The first-order valence-electron chi connectivity index (χ1n) is 6.48. The Bertz CT molecular complexity index is 758. The van der Waals surface area contributed by atoms with Crippen LogP contribution in [0.15, 0.2) is 29.2 Å². The van der Waals surface area contributed by atoms with Crippen LogP contribution in [0.5, 0.6) is 0 Å². The van der Waals surface area contributed by atoms with Gasteiger partial charge in [-0.3, -0.25) is 9.59 Å². The van der Waals surface area contributed by atoms with Crippen molar-refractivity contribution in [3.63, 3.8) is 0 Å². The summed E-state index contributed by atoms with van der Waals surface area (Å²) in [5.74, 6) is -0.954. The van der Waals surface area contributed by atoms with E-state index in [1.165, 1.54) is 12.1 Å². The summed E-state index contributed by atoms with van der Waals surface area (Å²) in [5, 5.41) is 0. The molecule has 3 atom stereocenters. The Balaban J connectivity index is 1.80. The van der Waals surface area contributed by atoms with Gasteiger partial charge in [0.2, 0.25) is 6.29 Å². The van der Waals surface area contributed by atoms with Gasteiger partial charge in [-0.1, -0.05) is 12.1 Å². The second-order valence-electron chi connectivity index (χ2n) is 5.18. The van der Waals surface area contributed by atoms with E-state index in [-0.39, 0.29) is 29.3 Å². The molecule has 1 aromatic carbocycles. The third-order valence-electron chi connectivity index (χ3n) is 3.97. The molecule has 3 heterocycles. The fourth-order valence-electron chi connectivity index (χ4n) is 2.99. The van der Waals surface area contributed by atoms with E-state index in [0.717, 1.165) is 4.31 Å². The zero-order chi connectivity index (χ0) is 14.8. The second kappa shape index (κ2) is 4.12. The lowest BCUT2D eigenvalue weighted by molar-refractivity contribution is -0.155. The van der Waals surface area contributed by atoms with Gasteiger partial charge >= 0.3 is 0 Å². The first-order chi connectivity index (χ1) is 10.00. The minimum atomic E-state index is -3.95. The molecule has 2 saturated heterocycles. The molecule has 2 fully saturated rings. The molecule has 1 aromatic rings. The van der Waals surface area contributed by atoms with Gasteiger partial charge in [-0.05, 0) is 12.1 Å². The van der Waals surface area contributed by atoms with Crippen LogP contribution in [0.2, 0.25) is 0 Å². The molecule has 2 bridgehead atoms. The molecule has 3 aliphatic rings. The van der Waals surface area contributed by atoms with Crippen LogP contribution in [0.3, 0.4) is 0 Å². The summed E-state index contributed by atoms with van der Waals surface area (Å²) in [7, 11) is -3.95. The lowest BCUT2D eigenvalue weighted by Crippen LogP contribution is -2.52. The molecule has 7 nitrogen and oxygen atoms in total. The molecule has 0 aromatic heterocycles. The molecule has 0 unspecified atom stereocenters. The summed E-state index contributed by atoms with van der Waals surface area (Å²) >= 11 is 0. The van der Waals surface area contributed by atoms with Gasteiger partial charge in [0, 0.05) is 6.42 Å². The number of rotatable bonds is 1. The van der Waals surface area contributed by atoms with Crippen molar-refractivity contribution in [1.82, 2.24) is 4.31 Å². The molecular formula is C13H11NO6S. The van der Waals surface area contributed by atoms with E-state index in [2.05, 4.69) is 0 Å². The Morgan fingerprint density at radius 1 is 1.19 bits per heavy atom. The summed E-state index contributed by atoms with van der Waals surface area (Å²) in [6.45, 7) is 0.108. The molecular weight excluding hydrogens is 298 g/mol. The minimum Gasteiger partial charge on any atom is -0.343 e. The second-order valence-corrected chi connectivity index (χ2v) is 6.96. The Morgan fingerprint density at radius 3 is 2.71 bits per heavy atom. The average Bonchev–Trinajstić information content (AvgIpc) is 2.97. The molecule has 3 aliphatic heterocycles. The number of ketones is 1. The van der Waals surface area contributed by atoms with E-state index in [1.54, 1.807) is 12.1 Å². The van der Waals surface area contributed by atoms with Crippen molar-refractivity contribution in [2.75, 3.05) is 6.61 Å². The number of ether oxygens (including phenoxy) is 2. The van der Waals surface area contributed by atoms with Gasteiger partial charge in [-0.25, -0.2) is 12.7 Å². The monoisotopic (exact) mass is 309 g/mol. The maximum atomic E-state index is 12.6. The number of Topliss-reactive ketones (excluding diaryl/α,β-unsaturated/α-hetero) is 1. The van der Waals surface area contributed by atoms with Crippen LogP contribution in [-0.2, 0) is 24.3 Å². The van der Waals surface area contributed by atoms with Crippen LogP contribution in [0.4, 0.5) is 0 Å². The molecule has 1 amide bonds. The lowest BCUT2D eigenvalue weighted by Gasteiger charge is -2.32. The highest BCUT2D eigenvalue weighted by atomic mass is 32.2. The van der Waals surface area contributed by atoms with Gasteiger partial charge in [-0.2, -0.15) is 0 Å². The van der Waals surface area contributed by atoms with E-state index in [9.17, 15) is 18.0 Å². The predicted molar refractivity (Wildman–Crippen MR) is 67.8 cm³/mol. The number of hydrogen-bond acceptors (Lipinski definition) is 6. The molecule has 4 rings (SSSR count). The highest BCUT2D eigenvalue weighted by Crippen LogP contribution is 2.37. The number of fused-ring (bicyclic) bond motifs is 3. The van der Waals surface area contributed by atoms with E-state index in [4.69, 9.17) is 9.47 Å². The molecule has 110 valence electrons. The van der Waals surface area contributed by atoms with Gasteiger partial charge in [-0.15, -0.1) is 0 Å². The molecule has 8 heteroatoms. The summed E-state index contributed by atoms with van der Waals surface area (Å²) in [6, 6.07) is 5.18. The molecule has 0 saturated carbocycles. The zero-order valence-electron chi connectivity index (χ0n) is 10.8. The first-order valence-corrected chi connectivity index (χ1v) is 7.92. The number of hydrogen-bond donors (Lipinski definition) is 0. The fraction of sp³-hybridized carbons (Fsp3) is 0.385. The van der Waals surface area contributed by atoms with Crippen molar-refractivity contribution in [2.45, 2.75) is 29.8 Å². The number of amides is 1. The molecule has 0 aliphatic carbocycles. The summed E-state index contributed by atoms with van der Waals surface area (Å²) in [6.07, 6.45) is -1.59. The molecule has 0 N–H and O–H groups in total. The van der Waals surface area contributed by atoms with Crippen molar-refractivity contribution in [2.24, 2.45) is 0 Å². The number of benzene rings is 1. The molecule has 0 spiro atoms. The average molecular weight is 309 g/mol. The topological polar surface area (TPSA) is 90.0 Å². The van der Waals surface area contributed by atoms with Crippen molar-refractivity contribution in [3.8, 4) is 0 Å². The number of carbonyl (C=O) groups is 2. The predicted octanol–water partition coefficient (Wildman–Crippen LogP) is -0.0860. The van der Waals surface area contributed by atoms with Gasteiger partial charge < -0.3 is 9.47 Å². The Kier molecular flexibility index (Phi) is 2.54. The maximum absolute atomic E-state index is 12.6. The van der Waals surface area contributed by atoms with Crippen LogP contribution in [0.1, 0.15) is 16.8 Å². The van der Waals surface area contributed by atoms with Crippen molar-refractivity contribution >= 4 is 21.7 Å². The van der Waals surface area contributed by atoms with Crippen LogP contribution in [0, 0.1) is 0 Å². The van der Waals surface area contributed by atoms with E-state index in [0.29, 0.717) is 0 Å². The van der Waals surface area contributed by atoms with E-state index < -0.39 is 34.4 Å². The zero-order valence-corrected chi connectivity index (χ0v) is 11.6. The third kappa shape index (κ3) is 1.63. The van der Waals surface area contributed by atoms with Crippen LogP contribution in [0.25, 0.3) is 0 Å². The van der Waals surface area contributed by atoms with Gasteiger partial charge in [0.15, 0.2) is 5.78 Å². The van der Waals surface area contributed by atoms with Crippen LogP contribution >= 0.6 is 0 Å². The summed E-state index contributed by atoms with van der Waals surface area (Å²) in [5.41, 5.74) is 0.131. The number of sulfonamides is 1. The van der Waals surface area contributed by atoms with Crippen LogP contribution < -0.4 is 0 Å². The van der Waals surface area contributed by atoms with E-state index in [1.807, 2.05) is 0 Å². The quantitative estimate of drug-likeness (QED) is 0.720.